The van der Waals surface area contributed by atoms with Gasteiger partial charge in [-0.05, 0) is 52.4 Å². The van der Waals surface area contributed by atoms with Crippen LogP contribution < -0.4 is 10.1 Å². The Labute approximate surface area is 196 Å². The summed E-state index contributed by atoms with van der Waals surface area (Å²) < 4.78 is 46.6. The molecule has 0 aliphatic carbocycles. The standard InChI is InChI=1S/C24H25F3IN3O/c1-3-4-5-22-30-20(16-28-15-17-6-8-18(25)9-7-17)14-23(31-22)29-19-10-12-21(13-11-19)32-24(2,26)27/h6-15H,3-5,16H2,1-2H3,(H,29,30,31). The highest BCUT2D eigenvalue weighted by Gasteiger charge is 2.22. The topological polar surface area (TPSA) is 47.0 Å². The Morgan fingerprint density at radius 3 is 2.44 bits per heavy atom. The number of unbranched alkanes of at least 4 members (excludes halogenated alkanes) is 1. The van der Waals surface area contributed by atoms with Gasteiger partial charge in [-0.3, -0.25) is 0 Å². The van der Waals surface area contributed by atoms with Gasteiger partial charge < -0.3 is 10.1 Å². The first-order chi connectivity index (χ1) is 15.3. The van der Waals surface area contributed by atoms with Gasteiger partial charge in [-0.1, -0.05) is 25.5 Å². The van der Waals surface area contributed by atoms with Crippen molar-refractivity contribution >= 4 is 36.2 Å². The van der Waals surface area contributed by atoms with Gasteiger partial charge in [-0.25, -0.2) is 14.4 Å². The molecule has 1 aromatic heterocycles. The monoisotopic (exact) mass is 555 g/mol. The van der Waals surface area contributed by atoms with Crippen molar-refractivity contribution in [2.45, 2.75) is 43.6 Å². The number of hydrogen-bond acceptors (Lipinski definition) is 4. The summed E-state index contributed by atoms with van der Waals surface area (Å²) in [5.74, 6) is 1.30. The molecule has 2 aromatic carbocycles. The largest absolute Gasteiger partial charge is 0.433 e. The van der Waals surface area contributed by atoms with Crippen molar-refractivity contribution in [1.29, 1.82) is 0 Å². The highest BCUT2D eigenvalue weighted by molar-refractivity contribution is 14.2. The Morgan fingerprint density at radius 2 is 1.78 bits per heavy atom. The average Bonchev–Trinajstić information content (AvgIpc) is 2.74. The number of aryl methyl sites for hydroxylation is 1. The predicted octanol–water partition coefficient (Wildman–Crippen LogP) is 7.01. The molecule has 0 fully saturated rings. The minimum atomic E-state index is -3.22. The molecule has 0 radical (unpaired) electrons. The molecule has 0 saturated carbocycles. The van der Waals surface area contributed by atoms with Crippen molar-refractivity contribution in [3.05, 3.63) is 77.5 Å². The Kier molecular flexibility index (Phi) is 8.60. The second kappa shape index (κ2) is 11.4. The van der Waals surface area contributed by atoms with Crippen molar-refractivity contribution in [3.63, 3.8) is 0 Å². The molecule has 0 aliphatic heterocycles. The summed E-state index contributed by atoms with van der Waals surface area (Å²) in [6.07, 6.45) is -0.391. The molecule has 0 atom stereocenters. The smallest absolute Gasteiger partial charge is 0.394 e. The number of rotatable bonds is 10. The highest BCUT2D eigenvalue weighted by Crippen LogP contribution is 2.24. The molecule has 0 unspecified atom stereocenters. The van der Waals surface area contributed by atoms with Crippen LogP contribution in [0.3, 0.4) is 0 Å². The maximum Gasteiger partial charge on any atom is 0.394 e. The summed E-state index contributed by atoms with van der Waals surface area (Å²) in [4.78, 5) is 9.32. The van der Waals surface area contributed by atoms with Crippen LogP contribution in [-0.2, 0) is 10.8 Å². The molecule has 0 bridgehead atoms. The van der Waals surface area contributed by atoms with E-state index in [2.05, 4.69) is 26.0 Å². The van der Waals surface area contributed by atoms with Gasteiger partial charge in [0.2, 0.25) is 0 Å². The number of alkyl halides is 3. The molecule has 3 rings (SSSR count). The van der Waals surface area contributed by atoms with Crippen molar-refractivity contribution < 1.29 is 17.9 Å². The second-order valence-electron chi connectivity index (χ2n) is 7.27. The number of halogens is 4. The minimum absolute atomic E-state index is 0.0937. The number of nitrogens with zero attached hydrogens (tertiary/aromatic N) is 2. The van der Waals surface area contributed by atoms with Crippen LogP contribution in [0, 0.1) is 5.82 Å². The molecular weight excluding hydrogens is 530 g/mol. The van der Waals surface area contributed by atoms with E-state index in [0.29, 0.717) is 12.7 Å². The summed E-state index contributed by atoms with van der Waals surface area (Å²) in [6, 6.07) is 14.7. The molecule has 1 N–H and O–H groups in total. The van der Waals surface area contributed by atoms with E-state index in [0.717, 1.165) is 46.5 Å². The number of benzene rings is 2. The van der Waals surface area contributed by atoms with Crippen LogP contribution in [0.4, 0.5) is 24.7 Å². The third-order valence-corrected chi connectivity index (χ3v) is 6.67. The van der Waals surface area contributed by atoms with E-state index in [4.69, 9.17) is 4.98 Å². The average molecular weight is 555 g/mol. The van der Waals surface area contributed by atoms with Gasteiger partial charge in [0.1, 0.15) is 23.2 Å². The van der Waals surface area contributed by atoms with Gasteiger partial charge in [0.05, 0.1) is 5.69 Å². The maximum atomic E-state index is 13.1. The fourth-order valence-corrected chi connectivity index (χ4v) is 4.82. The first-order valence-electron chi connectivity index (χ1n) is 10.3. The normalized spacial score (nSPS) is 11.9. The van der Waals surface area contributed by atoms with Crippen molar-refractivity contribution in [2.24, 2.45) is 0 Å². The summed E-state index contributed by atoms with van der Waals surface area (Å²) in [5, 5.41) is 3.23. The van der Waals surface area contributed by atoms with Crippen molar-refractivity contribution in [1.82, 2.24) is 9.97 Å². The predicted molar refractivity (Wildman–Crippen MR) is 131 cm³/mol. The Hall–Kier alpha value is -2.49. The first kappa shape index (κ1) is 24.2. The summed E-state index contributed by atoms with van der Waals surface area (Å²) in [7, 11) is 0. The zero-order valence-corrected chi connectivity index (χ0v) is 20.1. The van der Waals surface area contributed by atoms with Gasteiger partial charge in [0.25, 0.3) is 0 Å². The minimum Gasteiger partial charge on any atom is -0.433 e. The molecule has 0 spiro atoms. The Balaban J connectivity index is 1.73. The lowest BCUT2D eigenvalue weighted by Gasteiger charge is -2.14. The lowest BCUT2D eigenvalue weighted by atomic mass is 10.2. The van der Waals surface area contributed by atoms with E-state index in [1.807, 2.05) is 6.07 Å². The van der Waals surface area contributed by atoms with E-state index < -0.39 is 6.11 Å². The van der Waals surface area contributed by atoms with Gasteiger partial charge in [-0.15, -0.1) is 20.7 Å². The number of ether oxygens (including phenoxy) is 1. The quantitative estimate of drug-likeness (QED) is 0.216. The van der Waals surface area contributed by atoms with E-state index in [1.165, 1.54) is 24.3 Å². The van der Waals surface area contributed by atoms with Gasteiger partial charge in [-0.2, -0.15) is 8.78 Å². The summed E-state index contributed by atoms with van der Waals surface area (Å²) in [6.45, 7) is 2.82. The van der Waals surface area contributed by atoms with Crippen molar-refractivity contribution in [3.8, 4) is 5.75 Å². The van der Waals surface area contributed by atoms with E-state index >= 15 is 0 Å². The molecule has 4 nitrogen and oxygen atoms in total. The zero-order chi connectivity index (χ0) is 23.0. The van der Waals surface area contributed by atoms with Crippen LogP contribution in [0.1, 0.15) is 43.8 Å². The molecule has 1 heterocycles. The SMILES string of the molecule is CCCCc1nc(CI=Cc2ccc(F)cc2)cc(Nc2ccc(OC(C)(F)F)cc2)n1. The summed E-state index contributed by atoms with van der Waals surface area (Å²) in [5.41, 5.74) is 2.68. The Bertz CT molecular complexity index is 1040. The van der Waals surface area contributed by atoms with Gasteiger partial charge in [0, 0.05) is 29.5 Å². The lowest BCUT2D eigenvalue weighted by molar-refractivity contribution is -0.158. The number of anilines is 2. The number of aromatic nitrogens is 2. The molecule has 0 aliphatic rings. The molecule has 170 valence electrons. The molecule has 32 heavy (non-hydrogen) atoms. The third kappa shape index (κ3) is 8.22. The zero-order valence-electron chi connectivity index (χ0n) is 17.9. The third-order valence-electron chi connectivity index (χ3n) is 4.29. The fraction of sp³-hybridized carbons (Fsp3) is 0.292. The van der Waals surface area contributed by atoms with E-state index in [1.54, 1.807) is 24.3 Å². The van der Waals surface area contributed by atoms with Crippen LogP contribution in [-0.4, -0.2) is 20.1 Å². The molecular formula is C24H25F3IN3O. The van der Waals surface area contributed by atoms with Crippen LogP contribution in [0.2, 0.25) is 0 Å². The van der Waals surface area contributed by atoms with Crippen LogP contribution in [0.5, 0.6) is 5.75 Å². The highest BCUT2D eigenvalue weighted by atomic mass is 127. The van der Waals surface area contributed by atoms with E-state index in [9.17, 15) is 13.2 Å². The Morgan fingerprint density at radius 1 is 1.06 bits per heavy atom. The molecule has 0 amide bonds. The van der Waals surface area contributed by atoms with E-state index in [-0.39, 0.29) is 32.3 Å². The molecule has 0 saturated heterocycles. The van der Waals surface area contributed by atoms with Crippen LogP contribution in [0.25, 0.3) is 0 Å². The fourth-order valence-electron chi connectivity index (χ4n) is 2.83. The van der Waals surface area contributed by atoms with Crippen molar-refractivity contribution in [2.75, 3.05) is 5.32 Å². The maximum absolute atomic E-state index is 13.1. The molecule has 8 heteroatoms. The number of hydrogen-bond donors (Lipinski definition) is 1. The van der Waals surface area contributed by atoms with Gasteiger partial charge in [0.15, 0.2) is 0 Å². The molecule has 3 aromatic rings. The number of nitrogens with one attached hydrogen (secondary N) is 1. The first-order valence-corrected chi connectivity index (χ1v) is 13.0. The lowest BCUT2D eigenvalue weighted by Crippen LogP contribution is -2.18. The second-order valence-corrected chi connectivity index (χ2v) is 9.54. The van der Waals surface area contributed by atoms with Crippen LogP contribution >= 0.6 is 20.7 Å². The van der Waals surface area contributed by atoms with Gasteiger partial charge >= 0.3 is 6.11 Å². The van der Waals surface area contributed by atoms with Crippen LogP contribution in [0.15, 0.2) is 54.6 Å². The summed E-state index contributed by atoms with van der Waals surface area (Å²) >= 11 is -0.313.